The molecule has 3 heterocycles. The molecule has 1 N–H and O–H groups in total. The van der Waals surface area contributed by atoms with E-state index in [1.165, 1.54) is 12.3 Å². The number of fused-ring (bicyclic) bond motifs is 1. The van der Waals surface area contributed by atoms with Gasteiger partial charge in [-0.3, -0.25) is 34.4 Å². The molecule has 7 nitrogen and oxygen atoms in total. The second kappa shape index (κ2) is 4.22. The number of imide groups is 2. The number of pyridine rings is 1. The first-order valence-electron chi connectivity index (χ1n) is 6.18. The van der Waals surface area contributed by atoms with Crippen LogP contribution in [-0.2, 0) is 9.59 Å². The molecule has 1 fully saturated rings. The third kappa shape index (κ3) is 1.63. The molecule has 1 atom stereocenters. The van der Waals surface area contributed by atoms with E-state index in [0.29, 0.717) is 5.69 Å². The summed E-state index contributed by atoms with van der Waals surface area (Å²) < 4.78 is 0. The van der Waals surface area contributed by atoms with Crippen LogP contribution in [0.5, 0.6) is 0 Å². The van der Waals surface area contributed by atoms with E-state index >= 15 is 0 Å². The van der Waals surface area contributed by atoms with Crippen LogP contribution in [0.2, 0.25) is 0 Å². The van der Waals surface area contributed by atoms with Gasteiger partial charge in [-0.2, -0.15) is 0 Å². The SMILES string of the molecule is Cc1nccc2c1C(=O)N(C1CCC(=O)NC1=O)C2=O. The van der Waals surface area contributed by atoms with Crippen LogP contribution in [0.3, 0.4) is 0 Å². The number of carbonyl (C=O) groups excluding carboxylic acids is 4. The monoisotopic (exact) mass is 273 g/mol. The maximum Gasteiger partial charge on any atom is 0.264 e. The lowest BCUT2D eigenvalue weighted by Crippen LogP contribution is -2.54. The van der Waals surface area contributed by atoms with E-state index in [0.717, 1.165) is 4.90 Å². The molecule has 20 heavy (non-hydrogen) atoms. The van der Waals surface area contributed by atoms with Crippen LogP contribution in [0.4, 0.5) is 0 Å². The normalized spacial score (nSPS) is 22.1. The van der Waals surface area contributed by atoms with Gasteiger partial charge in [0.25, 0.3) is 11.8 Å². The zero-order valence-corrected chi connectivity index (χ0v) is 10.7. The second-order valence-electron chi connectivity index (χ2n) is 4.77. The highest BCUT2D eigenvalue weighted by Crippen LogP contribution is 2.28. The van der Waals surface area contributed by atoms with Gasteiger partial charge in [0.15, 0.2) is 0 Å². The van der Waals surface area contributed by atoms with Gasteiger partial charge in [0.1, 0.15) is 6.04 Å². The number of aryl methyl sites for hydroxylation is 1. The van der Waals surface area contributed by atoms with E-state index in [9.17, 15) is 19.2 Å². The highest BCUT2D eigenvalue weighted by Gasteiger charge is 2.45. The lowest BCUT2D eigenvalue weighted by atomic mass is 10.0. The highest BCUT2D eigenvalue weighted by atomic mass is 16.2. The number of aromatic nitrogens is 1. The number of nitrogens with one attached hydrogen (secondary N) is 1. The Kier molecular flexibility index (Phi) is 2.63. The molecule has 1 unspecified atom stereocenters. The molecule has 0 saturated carbocycles. The smallest absolute Gasteiger partial charge is 0.264 e. The predicted molar refractivity (Wildman–Crippen MR) is 65.6 cm³/mol. The Bertz CT molecular complexity index is 668. The maximum atomic E-state index is 12.4. The van der Waals surface area contributed by atoms with Gasteiger partial charge in [-0.1, -0.05) is 0 Å². The van der Waals surface area contributed by atoms with Crippen molar-refractivity contribution in [1.29, 1.82) is 0 Å². The van der Waals surface area contributed by atoms with Crippen molar-refractivity contribution in [2.75, 3.05) is 0 Å². The summed E-state index contributed by atoms with van der Waals surface area (Å²) in [6.07, 6.45) is 1.72. The Morgan fingerprint density at radius 3 is 2.65 bits per heavy atom. The van der Waals surface area contributed by atoms with E-state index in [1.54, 1.807) is 6.92 Å². The number of nitrogens with zero attached hydrogens (tertiary/aromatic N) is 2. The topological polar surface area (TPSA) is 96.4 Å². The van der Waals surface area contributed by atoms with E-state index in [1.807, 2.05) is 0 Å². The van der Waals surface area contributed by atoms with Crippen LogP contribution in [0.25, 0.3) is 0 Å². The molecule has 2 aliphatic heterocycles. The molecule has 0 radical (unpaired) electrons. The van der Waals surface area contributed by atoms with Gasteiger partial charge in [-0.25, -0.2) is 0 Å². The van der Waals surface area contributed by atoms with E-state index in [2.05, 4.69) is 10.3 Å². The van der Waals surface area contributed by atoms with Gasteiger partial charge in [0.05, 0.1) is 16.8 Å². The molecule has 7 heteroatoms. The summed E-state index contributed by atoms with van der Waals surface area (Å²) in [5.41, 5.74) is 0.949. The summed E-state index contributed by atoms with van der Waals surface area (Å²) in [6, 6.07) is 0.536. The Hall–Kier alpha value is -2.57. The minimum absolute atomic E-state index is 0.112. The number of amides is 4. The summed E-state index contributed by atoms with van der Waals surface area (Å²) in [7, 11) is 0. The molecule has 1 aromatic heterocycles. The van der Waals surface area contributed by atoms with Gasteiger partial charge >= 0.3 is 0 Å². The lowest BCUT2D eigenvalue weighted by Gasteiger charge is -2.27. The average Bonchev–Trinajstić information content (AvgIpc) is 2.64. The van der Waals surface area contributed by atoms with Crippen molar-refractivity contribution < 1.29 is 19.2 Å². The number of hydrogen-bond acceptors (Lipinski definition) is 5. The van der Waals surface area contributed by atoms with Crippen LogP contribution < -0.4 is 5.32 Å². The van der Waals surface area contributed by atoms with Crippen LogP contribution in [-0.4, -0.2) is 39.6 Å². The average molecular weight is 273 g/mol. The maximum absolute atomic E-state index is 12.4. The molecule has 0 spiro atoms. The van der Waals surface area contributed by atoms with Crippen molar-refractivity contribution in [3.8, 4) is 0 Å². The van der Waals surface area contributed by atoms with Crippen LogP contribution in [0, 0.1) is 6.92 Å². The molecule has 0 aromatic carbocycles. The number of carbonyl (C=O) groups is 4. The number of hydrogen-bond donors (Lipinski definition) is 1. The molecular weight excluding hydrogens is 262 g/mol. The summed E-state index contributed by atoms with van der Waals surface area (Å²) >= 11 is 0. The molecule has 102 valence electrons. The van der Waals surface area contributed by atoms with Crippen LogP contribution in [0.1, 0.15) is 39.3 Å². The lowest BCUT2D eigenvalue weighted by molar-refractivity contribution is -0.136. The van der Waals surface area contributed by atoms with Crippen molar-refractivity contribution in [3.63, 3.8) is 0 Å². The van der Waals surface area contributed by atoms with Gasteiger partial charge in [-0.05, 0) is 19.4 Å². The predicted octanol–water partition coefficient (Wildman–Crippen LogP) is -0.209. The first-order valence-corrected chi connectivity index (χ1v) is 6.18. The Morgan fingerprint density at radius 2 is 2.00 bits per heavy atom. The molecule has 1 saturated heterocycles. The summed E-state index contributed by atoms with van der Waals surface area (Å²) in [4.78, 5) is 52.5. The van der Waals surface area contributed by atoms with Crippen molar-refractivity contribution in [3.05, 3.63) is 29.1 Å². The zero-order chi connectivity index (χ0) is 14.4. The Labute approximate surface area is 114 Å². The van der Waals surface area contributed by atoms with Crippen LogP contribution >= 0.6 is 0 Å². The molecule has 3 rings (SSSR count). The summed E-state index contributed by atoms with van der Waals surface area (Å²) in [5, 5.41) is 2.15. The molecule has 1 aromatic rings. The summed E-state index contributed by atoms with van der Waals surface area (Å²) in [5.74, 6) is -2.03. The minimum Gasteiger partial charge on any atom is -0.295 e. The molecule has 0 bridgehead atoms. The molecule has 2 aliphatic rings. The van der Waals surface area contributed by atoms with Crippen LogP contribution in [0.15, 0.2) is 12.3 Å². The van der Waals surface area contributed by atoms with E-state index in [-0.39, 0.29) is 29.9 Å². The van der Waals surface area contributed by atoms with Crippen molar-refractivity contribution >= 4 is 23.6 Å². The third-order valence-corrected chi connectivity index (χ3v) is 3.54. The Morgan fingerprint density at radius 1 is 1.25 bits per heavy atom. The highest BCUT2D eigenvalue weighted by molar-refractivity contribution is 6.23. The zero-order valence-electron chi connectivity index (χ0n) is 10.7. The minimum atomic E-state index is -0.931. The fourth-order valence-corrected chi connectivity index (χ4v) is 2.57. The van der Waals surface area contributed by atoms with E-state index in [4.69, 9.17) is 0 Å². The molecule has 4 amide bonds. The third-order valence-electron chi connectivity index (χ3n) is 3.54. The molecular formula is C13H11N3O4. The fraction of sp³-hybridized carbons (Fsp3) is 0.308. The Balaban J connectivity index is 2.00. The quantitative estimate of drug-likeness (QED) is 0.714. The largest absolute Gasteiger partial charge is 0.295 e. The van der Waals surface area contributed by atoms with Gasteiger partial charge in [0, 0.05) is 12.6 Å². The number of rotatable bonds is 1. The first kappa shape index (κ1) is 12.5. The number of piperidine rings is 1. The fourth-order valence-electron chi connectivity index (χ4n) is 2.57. The van der Waals surface area contributed by atoms with Crippen molar-refractivity contribution in [2.45, 2.75) is 25.8 Å². The van der Waals surface area contributed by atoms with Crippen molar-refractivity contribution in [1.82, 2.24) is 15.2 Å². The standard InChI is InChI=1S/C13H11N3O4/c1-6-10-7(4-5-14-6)12(19)16(13(10)20)8-2-3-9(17)15-11(8)18/h4-5,8H,2-3H2,1H3,(H,15,17,18). The van der Waals surface area contributed by atoms with E-state index < -0.39 is 23.8 Å². The molecule has 0 aliphatic carbocycles. The van der Waals surface area contributed by atoms with Gasteiger partial charge < -0.3 is 0 Å². The van der Waals surface area contributed by atoms with Gasteiger partial charge in [-0.15, -0.1) is 0 Å². The van der Waals surface area contributed by atoms with Gasteiger partial charge in [0.2, 0.25) is 11.8 Å². The summed E-state index contributed by atoms with van der Waals surface area (Å²) in [6.45, 7) is 1.64. The second-order valence-corrected chi connectivity index (χ2v) is 4.77. The van der Waals surface area contributed by atoms with Crippen molar-refractivity contribution in [2.24, 2.45) is 0 Å². The first-order chi connectivity index (χ1) is 9.50.